The summed E-state index contributed by atoms with van der Waals surface area (Å²) in [6, 6.07) is 3.94. The lowest BCUT2D eigenvalue weighted by atomic mass is 10.2. The van der Waals surface area contributed by atoms with E-state index in [0.717, 1.165) is 6.07 Å². The van der Waals surface area contributed by atoms with Crippen molar-refractivity contribution in [2.24, 2.45) is 0 Å². The van der Waals surface area contributed by atoms with Crippen molar-refractivity contribution >= 4 is 12.4 Å². The summed E-state index contributed by atoms with van der Waals surface area (Å²) in [6.45, 7) is 1.40. The molecule has 0 fully saturated rings. The third-order valence-corrected chi connectivity index (χ3v) is 1.61. The van der Waals surface area contributed by atoms with E-state index in [0.29, 0.717) is 5.56 Å². The zero-order chi connectivity index (χ0) is 11.3. The van der Waals surface area contributed by atoms with Gasteiger partial charge in [-0.3, -0.25) is 9.59 Å². The summed E-state index contributed by atoms with van der Waals surface area (Å²) in [6.07, 6.45) is 0. The zero-order valence-electron chi connectivity index (χ0n) is 8.03. The van der Waals surface area contributed by atoms with Crippen molar-refractivity contribution in [2.75, 3.05) is 0 Å². The van der Waals surface area contributed by atoms with E-state index in [9.17, 15) is 14.0 Å². The molecule has 0 saturated heterocycles. The van der Waals surface area contributed by atoms with E-state index >= 15 is 0 Å². The van der Waals surface area contributed by atoms with E-state index in [2.05, 4.69) is 9.47 Å². The van der Waals surface area contributed by atoms with Crippen LogP contribution in [0.3, 0.4) is 0 Å². The molecule has 0 amide bonds. The standard InChI is InChI=1S/C10H9FO4/c1-7(13)14-5-8-2-3-10(15-6-12)9(11)4-8/h2-4,6H,5H2,1H3. The first kappa shape index (κ1) is 11.2. The molecule has 1 aromatic rings. The Kier molecular flexibility index (Phi) is 3.79. The number of hydrogen-bond acceptors (Lipinski definition) is 4. The van der Waals surface area contributed by atoms with E-state index in [-0.39, 0.29) is 18.8 Å². The molecule has 0 radical (unpaired) electrons. The Hall–Kier alpha value is -1.91. The topological polar surface area (TPSA) is 52.6 Å². The number of esters is 1. The third-order valence-electron chi connectivity index (χ3n) is 1.61. The van der Waals surface area contributed by atoms with Gasteiger partial charge in [0.05, 0.1) is 0 Å². The lowest BCUT2D eigenvalue weighted by Gasteiger charge is -2.04. The maximum absolute atomic E-state index is 13.1. The fraction of sp³-hybridized carbons (Fsp3) is 0.200. The maximum Gasteiger partial charge on any atom is 0.302 e. The highest BCUT2D eigenvalue weighted by atomic mass is 19.1. The fourth-order valence-corrected chi connectivity index (χ4v) is 0.967. The average molecular weight is 212 g/mol. The van der Waals surface area contributed by atoms with Crippen LogP contribution in [0, 0.1) is 5.82 Å². The van der Waals surface area contributed by atoms with Gasteiger partial charge in [0.2, 0.25) is 0 Å². The van der Waals surface area contributed by atoms with Crippen molar-refractivity contribution in [3.8, 4) is 5.75 Å². The fourth-order valence-electron chi connectivity index (χ4n) is 0.967. The summed E-state index contributed by atoms with van der Waals surface area (Å²) in [5.74, 6) is -1.27. The predicted octanol–water partition coefficient (Wildman–Crippen LogP) is 1.42. The lowest BCUT2D eigenvalue weighted by molar-refractivity contribution is -0.142. The summed E-state index contributed by atoms with van der Waals surface area (Å²) in [5.41, 5.74) is 0.487. The Morgan fingerprint density at radius 2 is 2.27 bits per heavy atom. The number of halogens is 1. The van der Waals surface area contributed by atoms with Crippen molar-refractivity contribution < 1.29 is 23.5 Å². The summed E-state index contributed by atoms with van der Waals surface area (Å²) >= 11 is 0. The molecule has 0 bridgehead atoms. The Bertz CT molecular complexity index is 376. The van der Waals surface area contributed by atoms with Gasteiger partial charge in [0.15, 0.2) is 11.6 Å². The quantitative estimate of drug-likeness (QED) is 0.559. The molecule has 4 nitrogen and oxygen atoms in total. The van der Waals surface area contributed by atoms with Crippen LogP contribution < -0.4 is 4.74 Å². The van der Waals surface area contributed by atoms with Crippen molar-refractivity contribution in [1.82, 2.24) is 0 Å². The Morgan fingerprint density at radius 3 is 2.80 bits per heavy atom. The second-order valence-electron chi connectivity index (χ2n) is 2.76. The normalized spacial score (nSPS) is 9.47. The van der Waals surface area contributed by atoms with Gasteiger partial charge >= 0.3 is 5.97 Å². The molecule has 0 spiro atoms. The van der Waals surface area contributed by atoms with Crippen LogP contribution in [0.15, 0.2) is 18.2 Å². The minimum absolute atomic E-state index is 0.00633. The molecule has 1 aromatic carbocycles. The van der Waals surface area contributed by atoms with Gasteiger partial charge in [-0.1, -0.05) is 6.07 Å². The molecular weight excluding hydrogens is 203 g/mol. The first-order chi connectivity index (χ1) is 7.13. The van der Waals surface area contributed by atoms with Gasteiger partial charge in [-0.05, 0) is 17.7 Å². The van der Waals surface area contributed by atoms with Crippen molar-refractivity contribution in [3.63, 3.8) is 0 Å². The summed E-state index contributed by atoms with van der Waals surface area (Å²) < 4.78 is 22.2. The van der Waals surface area contributed by atoms with Gasteiger partial charge in [0.1, 0.15) is 6.61 Å². The van der Waals surface area contributed by atoms with Crippen molar-refractivity contribution in [2.45, 2.75) is 13.5 Å². The Morgan fingerprint density at radius 1 is 1.53 bits per heavy atom. The van der Waals surface area contributed by atoms with Crippen molar-refractivity contribution in [3.05, 3.63) is 29.6 Å². The molecule has 0 saturated carbocycles. The lowest BCUT2D eigenvalue weighted by Crippen LogP contribution is -2.00. The second kappa shape index (κ2) is 5.09. The molecule has 0 heterocycles. The molecule has 15 heavy (non-hydrogen) atoms. The molecule has 0 N–H and O–H groups in total. The van der Waals surface area contributed by atoms with E-state index < -0.39 is 11.8 Å². The van der Waals surface area contributed by atoms with Crippen LogP contribution in [0.2, 0.25) is 0 Å². The predicted molar refractivity (Wildman–Crippen MR) is 48.6 cm³/mol. The van der Waals surface area contributed by atoms with E-state index in [4.69, 9.17) is 0 Å². The maximum atomic E-state index is 13.1. The molecular formula is C10H9FO4. The number of carbonyl (C=O) groups is 2. The molecule has 1 rings (SSSR count). The van der Waals surface area contributed by atoms with Gasteiger partial charge in [-0.2, -0.15) is 0 Å². The highest BCUT2D eigenvalue weighted by Crippen LogP contribution is 2.18. The molecule has 5 heteroatoms. The molecule has 0 aliphatic carbocycles. The summed E-state index contributed by atoms with van der Waals surface area (Å²) in [7, 11) is 0. The Balaban J connectivity index is 2.72. The van der Waals surface area contributed by atoms with E-state index in [1.165, 1.54) is 19.1 Å². The number of rotatable bonds is 4. The monoisotopic (exact) mass is 212 g/mol. The van der Waals surface area contributed by atoms with Crippen LogP contribution in [-0.2, 0) is 20.9 Å². The van der Waals surface area contributed by atoms with Crippen LogP contribution in [0.25, 0.3) is 0 Å². The number of ether oxygens (including phenoxy) is 2. The number of carbonyl (C=O) groups excluding carboxylic acids is 2. The Labute approximate surface area is 85.6 Å². The van der Waals surface area contributed by atoms with Gasteiger partial charge < -0.3 is 9.47 Å². The average Bonchev–Trinajstić information content (AvgIpc) is 2.19. The van der Waals surface area contributed by atoms with Crippen LogP contribution in [-0.4, -0.2) is 12.4 Å². The van der Waals surface area contributed by atoms with E-state index in [1.54, 1.807) is 0 Å². The minimum Gasteiger partial charge on any atom is -0.461 e. The molecule has 0 aliphatic heterocycles. The van der Waals surface area contributed by atoms with Crippen LogP contribution in [0.4, 0.5) is 4.39 Å². The zero-order valence-corrected chi connectivity index (χ0v) is 8.03. The van der Waals surface area contributed by atoms with Crippen LogP contribution in [0.1, 0.15) is 12.5 Å². The number of benzene rings is 1. The molecule has 80 valence electrons. The first-order valence-electron chi connectivity index (χ1n) is 4.15. The largest absolute Gasteiger partial charge is 0.461 e. The minimum atomic E-state index is -0.674. The van der Waals surface area contributed by atoms with E-state index in [1.807, 2.05) is 0 Å². The molecule has 0 unspecified atom stereocenters. The second-order valence-corrected chi connectivity index (χ2v) is 2.76. The van der Waals surface area contributed by atoms with Gasteiger partial charge in [-0.15, -0.1) is 0 Å². The summed E-state index contributed by atoms with van der Waals surface area (Å²) in [4.78, 5) is 20.5. The van der Waals surface area contributed by atoms with Gasteiger partial charge in [0.25, 0.3) is 6.47 Å². The highest BCUT2D eigenvalue weighted by molar-refractivity contribution is 5.65. The van der Waals surface area contributed by atoms with Gasteiger partial charge in [-0.25, -0.2) is 4.39 Å². The SMILES string of the molecule is CC(=O)OCc1ccc(OC=O)c(F)c1. The molecule has 0 aromatic heterocycles. The first-order valence-corrected chi connectivity index (χ1v) is 4.15. The molecule has 0 atom stereocenters. The van der Waals surface area contributed by atoms with Crippen LogP contribution >= 0.6 is 0 Å². The highest BCUT2D eigenvalue weighted by Gasteiger charge is 2.05. The third kappa shape index (κ3) is 3.38. The smallest absolute Gasteiger partial charge is 0.302 e. The molecule has 0 aliphatic rings. The van der Waals surface area contributed by atoms with Crippen molar-refractivity contribution in [1.29, 1.82) is 0 Å². The van der Waals surface area contributed by atoms with Gasteiger partial charge in [0, 0.05) is 6.92 Å². The summed E-state index contributed by atoms with van der Waals surface area (Å²) in [5, 5.41) is 0. The number of hydrogen-bond donors (Lipinski definition) is 0. The van der Waals surface area contributed by atoms with Crippen LogP contribution in [0.5, 0.6) is 5.75 Å².